The molecule has 3 amide bonds. The Morgan fingerprint density at radius 2 is 2.03 bits per heavy atom. The first kappa shape index (κ1) is 26.4. The zero-order chi connectivity index (χ0) is 27.4. The van der Waals surface area contributed by atoms with Crippen LogP contribution in [0.3, 0.4) is 0 Å². The number of aromatic nitrogens is 4. The lowest BCUT2D eigenvalue weighted by atomic mass is 10.2. The van der Waals surface area contributed by atoms with Gasteiger partial charge in [0.05, 0.1) is 42.6 Å². The van der Waals surface area contributed by atoms with Crippen LogP contribution in [0.15, 0.2) is 43.4 Å². The van der Waals surface area contributed by atoms with E-state index in [2.05, 4.69) is 42.3 Å². The molecule has 0 bridgehead atoms. The summed E-state index contributed by atoms with van der Waals surface area (Å²) in [6, 6.07) is 3.37. The molecule has 3 N–H and O–H groups in total. The summed E-state index contributed by atoms with van der Waals surface area (Å²) in [6.07, 6.45) is 6.14. The van der Waals surface area contributed by atoms with Gasteiger partial charge < -0.3 is 25.2 Å². The van der Waals surface area contributed by atoms with Crippen LogP contribution in [0.1, 0.15) is 5.56 Å². The van der Waals surface area contributed by atoms with Gasteiger partial charge in [-0.3, -0.25) is 19.7 Å². The molecule has 13 heteroatoms. The lowest BCUT2D eigenvalue weighted by Crippen LogP contribution is -2.45. The van der Waals surface area contributed by atoms with E-state index >= 15 is 0 Å². The van der Waals surface area contributed by atoms with Gasteiger partial charge in [-0.1, -0.05) is 6.58 Å². The monoisotopic (exact) mass is 520 g/mol. The zero-order valence-corrected chi connectivity index (χ0v) is 22.1. The molecule has 38 heavy (non-hydrogen) atoms. The molecule has 3 aromatic rings. The molecule has 1 aromatic carbocycles. The molecule has 13 nitrogen and oxygen atoms in total. The number of fused-ring (bicyclic) bond motifs is 1. The number of hydrogen-bond donors (Lipinski definition) is 3. The lowest BCUT2D eigenvalue weighted by Gasteiger charge is -2.33. The number of anilines is 6. The summed E-state index contributed by atoms with van der Waals surface area (Å²) in [7, 11) is 9.17. The predicted molar refractivity (Wildman–Crippen MR) is 148 cm³/mol. The van der Waals surface area contributed by atoms with Gasteiger partial charge in [-0.15, -0.1) is 0 Å². The number of H-pyrrole nitrogens is 1. The van der Waals surface area contributed by atoms with Crippen LogP contribution in [0.5, 0.6) is 5.75 Å². The molecule has 0 saturated heterocycles. The standard InChI is InChI=1S/C25H32N10O3/c1-7-22(36)29-18-10-19(21(38-6)11-20(18)33(4)9-8-32(2)3)30-24-26-12-16-15-35(17-13-27-28-14-17)25(37)34(5)23(16)31-24/h7,10-14H,1,8-9,15H2,2-6H3,(H,27,28)(H,29,36)(H,26,30,31). The maximum Gasteiger partial charge on any atom is 0.330 e. The average Bonchev–Trinajstić information content (AvgIpc) is 3.44. The summed E-state index contributed by atoms with van der Waals surface area (Å²) >= 11 is 0. The summed E-state index contributed by atoms with van der Waals surface area (Å²) in [5, 5.41) is 12.7. The number of carbonyl (C=O) groups is 2. The Morgan fingerprint density at radius 3 is 2.68 bits per heavy atom. The Bertz CT molecular complexity index is 1330. The molecular formula is C25H32N10O3. The number of rotatable bonds is 10. The summed E-state index contributed by atoms with van der Waals surface area (Å²) in [4.78, 5) is 41.4. The minimum absolute atomic E-state index is 0.235. The van der Waals surface area contributed by atoms with E-state index < -0.39 is 0 Å². The van der Waals surface area contributed by atoms with Crippen molar-refractivity contribution in [1.82, 2.24) is 25.1 Å². The Balaban J connectivity index is 1.65. The first-order chi connectivity index (χ1) is 18.2. The number of methoxy groups -OCH3 is 1. The highest BCUT2D eigenvalue weighted by Crippen LogP contribution is 2.38. The van der Waals surface area contributed by atoms with Gasteiger partial charge in [-0.05, 0) is 26.2 Å². The fourth-order valence-corrected chi connectivity index (χ4v) is 3.99. The average molecular weight is 521 g/mol. The van der Waals surface area contributed by atoms with E-state index in [-0.39, 0.29) is 17.9 Å². The maximum atomic E-state index is 13.0. The second kappa shape index (κ2) is 11.2. The van der Waals surface area contributed by atoms with Gasteiger partial charge in [0.15, 0.2) is 0 Å². The minimum atomic E-state index is -0.337. The number of nitrogens with zero attached hydrogens (tertiary/aromatic N) is 7. The number of nitrogens with one attached hydrogen (secondary N) is 3. The smallest absolute Gasteiger partial charge is 0.330 e. The van der Waals surface area contributed by atoms with E-state index in [9.17, 15) is 9.59 Å². The third kappa shape index (κ3) is 5.52. The van der Waals surface area contributed by atoms with Crippen LogP contribution in [-0.4, -0.2) is 85.4 Å². The molecule has 0 radical (unpaired) electrons. The Hall–Kier alpha value is -4.65. The lowest BCUT2D eigenvalue weighted by molar-refractivity contribution is -0.111. The predicted octanol–water partition coefficient (Wildman–Crippen LogP) is 2.65. The van der Waals surface area contributed by atoms with Gasteiger partial charge in [0.2, 0.25) is 11.9 Å². The van der Waals surface area contributed by atoms with Gasteiger partial charge in [-0.25, -0.2) is 9.78 Å². The van der Waals surface area contributed by atoms with Gasteiger partial charge in [-0.2, -0.15) is 10.1 Å². The zero-order valence-electron chi connectivity index (χ0n) is 22.1. The van der Waals surface area contributed by atoms with Crippen molar-refractivity contribution in [1.29, 1.82) is 0 Å². The SMILES string of the molecule is C=CC(=O)Nc1cc(Nc2ncc3c(n2)N(C)C(=O)N(c2cn[nH]c2)C3)c(OC)cc1N(C)CCN(C)C. The van der Waals surface area contributed by atoms with Crippen molar-refractivity contribution in [3.8, 4) is 5.75 Å². The molecule has 0 saturated carbocycles. The summed E-state index contributed by atoms with van der Waals surface area (Å²) in [6.45, 7) is 5.42. The van der Waals surface area contributed by atoms with Crippen molar-refractivity contribution < 1.29 is 14.3 Å². The number of benzene rings is 1. The van der Waals surface area contributed by atoms with E-state index in [0.29, 0.717) is 35.2 Å². The van der Waals surface area contributed by atoms with Crippen LogP contribution < -0.4 is 30.1 Å². The second-order valence-corrected chi connectivity index (χ2v) is 9.04. The molecule has 0 fully saturated rings. The van der Waals surface area contributed by atoms with Crippen molar-refractivity contribution in [3.05, 3.63) is 48.9 Å². The molecule has 3 heterocycles. The molecule has 200 valence electrons. The van der Waals surface area contributed by atoms with Gasteiger partial charge in [0.1, 0.15) is 11.6 Å². The molecule has 2 aromatic heterocycles. The largest absolute Gasteiger partial charge is 0.494 e. The van der Waals surface area contributed by atoms with Crippen LogP contribution in [0.25, 0.3) is 0 Å². The molecule has 1 aliphatic rings. The van der Waals surface area contributed by atoms with Gasteiger partial charge in [0.25, 0.3) is 0 Å². The number of carbonyl (C=O) groups excluding carboxylic acids is 2. The fourth-order valence-electron chi connectivity index (χ4n) is 3.99. The third-order valence-corrected chi connectivity index (χ3v) is 6.10. The summed E-state index contributed by atoms with van der Waals surface area (Å²) in [5.41, 5.74) is 3.33. The second-order valence-electron chi connectivity index (χ2n) is 9.04. The number of urea groups is 1. The maximum absolute atomic E-state index is 13.0. The topological polar surface area (TPSA) is 135 Å². The third-order valence-electron chi connectivity index (χ3n) is 6.10. The van der Waals surface area contributed by atoms with E-state index in [1.54, 1.807) is 43.7 Å². The van der Waals surface area contributed by atoms with Crippen LogP contribution >= 0.6 is 0 Å². The first-order valence-electron chi connectivity index (χ1n) is 11.9. The molecule has 0 aliphatic carbocycles. The molecule has 0 unspecified atom stereocenters. The highest BCUT2D eigenvalue weighted by molar-refractivity contribution is 6.05. The highest BCUT2D eigenvalue weighted by Gasteiger charge is 2.31. The highest BCUT2D eigenvalue weighted by atomic mass is 16.5. The van der Waals surface area contributed by atoms with Crippen LogP contribution in [0.4, 0.5) is 39.3 Å². The minimum Gasteiger partial charge on any atom is -0.494 e. The van der Waals surface area contributed by atoms with E-state index in [4.69, 9.17) is 4.74 Å². The Labute approximate surface area is 221 Å². The van der Waals surface area contributed by atoms with E-state index in [1.807, 2.05) is 32.1 Å². The van der Waals surface area contributed by atoms with Crippen molar-refractivity contribution in [2.24, 2.45) is 0 Å². The molecule has 0 spiro atoms. The Kier molecular flexibility index (Phi) is 7.76. The number of hydrogen-bond acceptors (Lipinski definition) is 9. The van der Waals surface area contributed by atoms with Crippen molar-refractivity contribution in [3.63, 3.8) is 0 Å². The van der Waals surface area contributed by atoms with Crippen LogP contribution in [-0.2, 0) is 11.3 Å². The van der Waals surface area contributed by atoms with Crippen molar-refractivity contribution in [2.45, 2.75) is 6.54 Å². The Morgan fingerprint density at radius 1 is 1.24 bits per heavy atom. The summed E-state index contributed by atoms with van der Waals surface area (Å²) < 4.78 is 5.66. The number of likely N-dealkylation sites (N-methyl/N-ethyl adjacent to an activating group) is 2. The van der Waals surface area contributed by atoms with Gasteiger partial charge in [0, 0.05) is 51.2 Å². The fraction of sp³-hybridized carbons (Fsp3) is 0.320. The molecule has 1 aliphatic heterocycles. The van der Waals surface area contributed by atoms with E-state index in [1.165, 1.54) is 11.0 Å². The first-order valence-corrected chi connectivity index (χ1v) is 11.9. The van der Waals surface area contributed by atoms with Crippen LogP contribution in [0.2, 0.25) is 0 Å². The molecule has 0 atom stereocenters. The van der Waals surface area contributed by atoms with Crippen molar-refractivity contribution in [2.75, 3.05) is 73.7 Å². The molecular weight excluding hydrogens is 488 g/mol. The van der Waals surface area contributed by atoms with Crippen molar-refractivity contribution >= 4 is 46.5 Å². The number of ether oxygens (including phenoxy) is 1. The normalized spacial score (nSPS) is 12.8. The van der Waals surface area contributed by atoms with Crippen LogP contribution in [0, 0.1) is 0 Å². The summed E-state index contributed by atoms with van der Waals surface area (Å²) in [5.74, 6) is 0.959. The quantitative estimate of drug-likeness (QED) is 0.345. The number of aromatic amines is 1. The molecule has 4 rings (SSSR count). The van der Waals surface area contributed by atoms with E-state index in [0.717, 1.165) is 24.3 Å². The number of amides is 3. The van der Waals surface area contributed by atoms with Gasteiger partial charge >= 0.3 is 6.03 Å².